The molecule has 2 aromatic carbocycles. The lowest BCUT2D eigenvalue weighted by molar-refractivity contribution is 1.01. The number of aryl methyl sites for hydroxylation is 3. The fraction of sp³-hybridized carbons (Fsp3) is 0.158. The van der Waals surface area contributed by atoms with E-state index in [0.717, 1.165) is 4.47 Å². The van der Waals surface area contributed by atoms with Gasteiger partial charge in [0.25, 0.3) is 0 Å². The molecule has 0 N–H and O–H groups in total. The van der Waals surface area contributed by atoms with Gasteiger partial charge in [-0.15, -0.1) is 0 Å². The van der Waals surface area contributed by atoms with Gasteiger partial charge >= 0.3 is 0 Å². The summed E-state index contributed by atoms with van der Waals surface area (Å²) >= 11 is 3.50. The van der Waals surface area contributed by atoms with E-state index in [4.69, 9.17) is 0 Å². The molecular formula is C19H18BrN. The van der Waals surface area contributed by atoms with Crippen molar-refractivity contribution in [2.75, 3.05) is 0 Å². The Kier molecular flexibility index (Phi) is 3.73. The zero-order valence-electron chi connectivity index (χ0n) is 12.5. The molecule has 3 rings (SSSR count). The highest BCUT2D eigenvalue weighted by Gasteiger charge is 2.11. The van der Waals surface area contributed by atoms with Crippen LogP contribution in [0, 0.1) is 20.8 Å². The summed E-state index contributed by atoms with van der Waals surface area (Å²) < 4.78 is 3.44. The topological polar surface area (TPSA) is 4.93 Å². The van der Waals surface area contributed by atoms with E-state index < -0.39 is 0 Å². The molecule has 2 heteroatoms. The van der Waals surface area contributed by atoms with Gasteiger partial charge in [0.1, 0.15) is 0 Å². The summed E-state index contributed by atoms with van der Waals surface area (Å²) in [6.07, 6.45) is 0. The van der Waals surface area contributed by atoms with Crippen molar-refractivity contribution >= 4 is 15.9 Å². The van der Waals surface area contributed by atoms with E-state index in [1.54, 1.807) is 0 Å². The van der Waals surface area contributed by atoms with Crippen molar-refractivity contribution < 1.29 is 0 Å². The molecule has 0 saturated carbocycles. The molecule has 0 fully saturated rings. The highest BCUT2D eigenvalue weighted by molar-refractivity contribution is 9.10. The van der Waals surface area contributed by atoms with Crippen molar-refractivity contribution in [1.82, 2.24) is 4.57 Å². The largest absolute Gasteiger partial charge is 0.314 e. The molecule has 0 aliphatic carbocycles. The molecule has 0 atom stereocenters. The van der Waals surface area contributed by atoms with Crippen LogP contribution in [-0.2, 0) is 0 Å². The predicted molar refractivity (Wildman–Crippen MR) is 93.1 cm³/mol. The van der Waals surface area contributed by atoms with E-state index in [1.165, 1.54) is 33.8 Å². The average molecular weight is 340 g/mol. The molecule has 0 amide bonds. The molecule has 21 heavy (non-hydrogen) atoms. The molecule has 0 aliphatic heterocycles. The minimum Gasteiger partial charge on any atom is -0.314 e. The highest BCUT2D eigenvalue weighted by atomic mass is 79.9. The first kappa shape index (κ1) is 14.2. The van der Waals surface area contributed by atoms with Crippen LogP contribution in [0.2, 0.25) is 0 Å². The van der Waals surface area contributed by atoms with Crippen LogP contribution in [0.4, 0.5) is 0 Å². The van der Waals surface area contributed by atoms with Gasteiger partial charge in [0.05, 0.1) is 5.69 Å². The maximum atomic E-state index is 3.50. The van der Waals surface area contributed by atoms with Crippen molar-refractivity contribution in [3.05, 3.63) is 75.9 Å². The van der Waals surface area contributed by atoms with Gasteiger partial charge in [-0.1, -0.05) is 45.8 Å². The first-order valence-electron chi connectivity index (χ1n) is 7.08. The van der Waals surface area contributed by atoms with Gasteiger partial charge in [0.15, 0.2) is 0 Å². The number of halogens is 1. The van der Waals surface area contributed by atoms with Crippen molar-refractivity contribution in [2.24, 2.45) is 0 Å². The standard InChI is InChI=1S/C19H18BrN/c1-13-4-10-18(14(2)12-13)21-15(3)5-11-19(21)16-6-8-17(20)9-7-16/h4-12H,1-3H3. The molecule has 3 aromatic rings. The third-order valence-corrected chi connectivity index (χ3v) is 4.34. The first-order chi connectivity index (χ1) is 10.1. The van der Waals surface area contributed by atoms with Gasteiger partial charge in [-0.05, 0) is 62.2 Å². The third-order valence-electron chi connectivity index (χ3n) is 3.81. The Morgan fingerprint density at radius 2 is 1.52 bits per heavy atom. The Labute approximate surface area is 134 Å². The van der Waals surface area contributed by atoms with Gasteiger partial charge in [0.2, 0.25) is 0 Å². The smallest absolute Gasteiger partial charge is 0.0531 e. The molecule has 1 nitrogen and oxygen atoms in total. The molecular weight excluding hydrogens is 322 g/mol. The fourth-order valence-electron chi connectivity index (χ4n) is 2.76. The van der Waals surface area contributed by atoms with Crippen LogP contribution >= 0.6 is 15.9 Å². The second kappa shape index (κ2) is 5.53. The molecule has 106 valence electrons. The SMILES string of the molecule is Cc1ccc(-n2c(C)ccc2-c2ccc(Br)cc2)c(C)c1. The van der Waals surface area contributed by atoms with Gasteiger partial charge in [-0.2, -0.15) is 0 Å². The van der Waals surface area contributed by atoms with E-state index >= 15 is 0 Å². The van der Waals surface area contributed by atoms with Crippen molar-refractivity contribution in [3.63, 3.8) is 0 Å². The molecule has 0 saturated heterocycles. The summed E-state index contributed by atoms with van der Waals surface area (Å²) in [5.74, 6) is 0. The predicted octanol–water partition coefficient (Wildman–Crippen LogP) is 5.83. The van der Waals surface area contributed by atoms with Crippen LogP contribution in [0.1, 0.15) is 16.8 Å². The van der Waals surface area contributed by atoms with Crippen LogP contribution in [0.5, 0.6) is 0 Å². The number of aromatic nitrogens is 1. The molecule has 0 bridgehead atoms. The van der Waals surface area contributed by atoms with Crippen LogP contribution < -0.4 is 0 Å². The zero-order valence-corrected chi connectivity index (χ0v) is 14.1. The van der Waals surface area contributed by atoms with Crippen molar-refractivity contribution in [2.45, 2.75) is 20.8 Å². The van der Waals surface area contributed by atoms with Crippen LogP contribution in [0.15, 0.2) is 59.1 Å². The van der Waals surface area contributed by atoms with Crippen molar-refractivity contribution in [1.29, 1.82) is 0 Å². The van der Waals surface area contributed by atoms with E-state index in [-0.39, 0.29) is 0 Å². The van der Waals surface area contributed by atoms with Crippen LogP contribution in [0.3, 0.4) is 0 Å². The molecule has 1 aromatic heterocycles. The molecule has 0 aliphatic rings. The monoisotopic (exact) mass is 339 g/mol. The average Bonchev–Trinajstić information content (AvgIpc) is 2.82. The van der Waals surface area contributed by atoms with Gasteiger partial charge in [-0.3, -0.25) is 0 Å². The van der Waals surface area contributed by atoms with Crippen LogP contribution in [-0.4, -0.2) is 4.57 Å². The summed E-state index contributed by atoms with van der Waals surface area (Å²) in [6.45, 7) is 6.46. The summed E-state index contributed by atoms with van der Waals surface area (Å²) in [5.41, 5.74) is 7.55. The van der Waals surface area contributed by atoms with Crippen LogP contribution in [0.25, 0.3) is 16.9 Å². The summed E-state index contributed by atoms with van der Waals surface area (Å²) in [4.78, 5) is 0. The Morgan fingerprint density at radius 3 is 2.19 bits per heavy atom. The maximum Gasteiger partial charge on any atom is 0.0531 e. The quantitative estimate of drug-likeness (QED) is 0.553. The van der Waals surface area contributed by atoms with E-state index in [1.807, 2.05) is 0 Å². The van der Waals surface area contributed by atoms with E-state index in [2.05, 4.69) is 95.9 Å². The fourth-order valence-corrected chi connectivity index (χ4v) is 3.02. The number of benzene rings is 2. The Bertz CT molecular complexity index is 782. The van der Waals surface area contributed by atoms with Gasteiger partial charge in [0, 0.05) is 15.9 Å². The lowest BCUT2D eigenvalue weighted by atomic mass is 10.1. The molecule has 0 spiro atoms. The van der Waals surface area contributed by atoms with Gasteiger partial charge in [-0.25, -0.2) is 0 Å². The van der Waals surface area contributed by atoms with Crippen molar-refractivity contribution in [3.8, 4) is 16.9 Å². The van der Waals surface area contributed by atoms with E-state index in [0.29, 0.717) is 0 Å². The molecule has 0 radical (unpaired) electrons. The lowest BCUT2D eigenvalue weighted by Gasteiger charge is -2.15. The number of rotatable bonds is 2. The zero-order chi connectivity index (χ0) is 15.0. The lowest BCUT2D eigenvalue weighted by Crippen LogP contribution is -2.01. The second-order valence-electron chi connectivity index (χ2n) is 5.49. The normalized spacial score (nSPS) is 10.9. The minimum atomic E-state index is 1.10. The molecule has 1 heterocycles. The summed E-state index contributed by atoms with van der Waals surface area (Å²) in [5, 5.41) is 0. The summed E-state index contributed by atoms with van der Waals surface area (Å²) in [6, 6.07) is 19.5. The summed E-state index contributed by atoms with van der Waals surface area (Å²) in [7, 11) is 0. The second-order valence-corrected chi connectivity index (χ2v) is 6.41. The minimum absolute atomic E-state index is 1.10. The highest BCUT2D eigenvalue weighted by Crippen LogP contribution is 2.29. The van der Waals surface area contributed by atoms with E-state index in [9.17, 15) is 0 Å². The first-order valence-corrected chi connectivity index (χ1v) is 7.87. The van der Waals surface area contributed by atoms with Gasteiger partial charge < -0.3 is 4.57 Å². The Balaban J connectivity index is 2.19. The maximum absolute atomic E-state index is 3.50. The Morgan fingerprint density at radius 1 is 0.810 bits per heavy atom. The number of hydrogen-bond donors (Lipinski definition) is 0. The molecule has 0 unspecified atom stereocenters. The number of hydrogen-bond acceptors (Lipinski definition) is 0. The number of nitrogens with zero attached hydrogens (tertiary/aromatic N) is 1. The third kappa shape index (κ3) is 2.68. The Hall–Kier alpha value is -1.80.